The molecule has 0 N–H and O–H groups in total. The molecule has 0 fully saturated rings. The van der Waals surface area contributed by atoms with Gasteiger partial charge in [0.25, 0.3) is 0 Å². The van der Waals surface area contributed by atoms with E-state index < -0.39 is 17.5 Å². The van der Waals surface area contributed by atoms with Crippen LogP contribution in [0.4, 0.5) is 13.2 Å². The smallest absolute Gasteiger partial charge is 0.194 e. The largest absolute Gasteiger partial charge is 0.245 e. The molecule has 0 aliphatic rings. The van der Waals surface area contributed by atoms with Gasteiger partial charge in [-0.25, -0.2) is 23.1 Å². The molecule has 0 aliphatic carbocycles. The highest BCUT2D eigenvalue weighted by Crippen LogP contribution is 2.21. The van der Waals surface area contributed by atoms with Crippen LogP contribution in [0.1, 0.15) is 0 Å². The predicted molar refractivity (Wildman–Crippen MR) is 47.3 cm³/mol. The van der Waals surface area contributed by atoms with E-state index in [1.807, 2.05) is 0 Å². The van der Waals surface area contributed by atoms with Crippen molar-refractivity contribution in [2.75, 3.05) is 0 Å². The van der Waals surface area contributed by atoms with Crippen LogP contribution in [-0.4, -0.2) is 9.97 Å². The summed E-state index contributed by atoms with van der Waals surface area (Å²) in [6.45, 7) is 0. The first-order valence-corrected chi connectivity index (χ1v) is 4.09. The maximum absolute atomic E-state index is 12.9. The van der Waals surface area contributed by atoms with Crippen LogP contribution in [0.3, 0.4) is 0 Å². The van der Waals surface area contributed by atoms with Crippen LogP contribution in [0.25, 0.3) is 11.3 Å². The molecule has 1 aromatic carbocycles. The van der Waals surface area contributed by atoms with Gasteiger partial charge in [-0.1, -0.05) is 0 Å². The monoisotopic (exact) mass is 210 g/mol. The van der Waals surface area contributed by atoms with Crippen LogP contribution in [-0.2, 0) is 0 Å². The summed E-state index contributed by atoms with van der Waals surface area (Å²) in [6, 6.07) is 3.26. The minimum Gasteiger partial charge on any atom is -0.245 e. The standard InChI is InChI=1S/C10H5F3N2/c11-7-3-6(4-8(12)10(7)13)9-1-2-14-5-15-9/h1-5H. The van der Waals surface area contributed by atoms with E-state index in [-0.39, 0.29) is 5.56 Å². The Balaban J connectivity index is 2.56. The number of rotatable bonds is 1. The number of hydrogen-bond acceptors (Lipinski definition) is 2. The molecule has 0 aliphatic heterocycles. The average Bonchev–Trinajstić information content (AvgIpc) is 2.26. The molecule has 5 heteroatoms. The molecule has 0 amide bonds. The Hall–Kier alpha value is -1.91. The molecule has 76 valence electrons. The fourth-order valence-electron chi connectivity index (χ4n) is 1.16. The van der Waals surface area contributed by atoms with E-state index in [4.69, 9.17) is 0 Å². The van der Waals surface area contributed by atoms with Gasteiger partial charge in [0.05, 0.1) is 5.69 Å². The minimum atomic E-state index is -1.48. The average molecular weight is 210 g/mol. The van der Waals surface area contributed by atoms with E-state index in [1.165, 1.54) is 18.6 Å². The Bertz CT molecular complexity index is 462. The molecule has 15 heavy (non-hydrogen) atoms. The normalized spacial score (nSPS) is 10.3. The first-order valence-electron chi connectivity index (χ1n) is 4.09. The van der Waals surface area contributed by atoms with E-state index in [9.17, 15) is 13.2 Å². The molecule has 0 radical (unpaired) electrons. The second-order valence-corrected chi connectivity index (χ2v) is 2.85. The zero-order valence-electron chi connectivity index (χ0n) is 7.42. The maximum atomic E-state index is 12.9. The van der Waals surface area contributed by atoms with Gasteiger partial charge in [-0.2, -0.15) is 0 Å². The summed E-state index contributed by atoms with van der Waals surface area (Å²) in [5, 5.41) is 0. The molecule has 1 aromatic heterocycles. The highest BCUT2D eigenvalue weighted by molar-refractivity contribution is 5.58. The third-order valence-corrected chi connectivity index (χ3v) is 1.86. The maximum Gasteiger partial charge on any atom is 0.194 e. The Labute approximate surface area is 83.4 Å². The Morgan fingerprint density at radius 3 is 2.20 bits per heavy atom. The number of halogens is 3. The van der Waals surface area contributed by atoms with Crippen molar-refractivity contribution in [2.45, 2.75) is 0 Å². The van der Waals surface area contributed by atoms with Crippen LogP contribution >= 0.6 is 0 Å². The van der Waals surface area contributed by atoms with Crippen molar-refractivity contribution in [3.05, 3.63) is 48.2 Å². The molecular weight excluding hydrogens is 205 g/mol. The molecular formula is C10H5F3N2. The molecule has 1 heterocycles. The summed E-state index contributed by atoms with van der Waals surface area (Å²) >= 11 is 0. The van der Waals surface area contributed by atoms with E-state index >= 15 is 0 Å². The second kappa shape index (κ2) is 3.68. The summed E-state index contributed by atoms with van der Waals surface area (Å²) < 4.78 is 38.4. The molecule has 2 rings (SSSR count). The van der Waals surface area contributed by atoms with Gasteiger partial charge < -0.3 is 0 Å². The number of nitrogens with zero attached hydrogens (tertiary/aromatic N) is 2. The van der Waals surface area contributed by atoms with Crippen molar-refractivity contribution < 1.29 is 13.2 Å². The second-order valence-electron chi connectivity index (χ2n) is 2.85. The quantitative estimate of drug-likeness (QED) is 0.676. The van der Waals surface area contributed by atoms with Crippen molar-refractivity contribution in [3.8, 4) is 11.3 Å². The van der Waals surface area contributed by atoms with Gasteiger partial charge in [0, 0.05) is 11.8 Å². The van der Waals surface area contributed by atoms with Gasteiger partial charge >= 0.3 is 0 Å². The lowest BCUT2D eigenvalue weighted by Crippen LogP contribution is -1.93. The van der Waals surface area contributed by atoms with Crippen LogP contribution in [0.2, 0.25) is 0 Å². The van der Waals surface area contributed by atoms with E-state index in [0.29, 0.717) is 5.69 Å². The van der Waals surface area contributed by atoms with Gasteiger partial charge in [-0.15, -0.1) is 0 Å². The van der Waals surface area contributed by atoms with Crippen LogP contribution in [0.15, 0.2) is 30.7 Å². The van der Waals surface area contributed by atoms with Gasteiger partial charge in [-0.3, -0.25) is 0 Å². The fraction of sp³-hybridized carbons (Fsp3) is 0. The molecule has 0 bridgehead atoms. The summed E-state index contributed by atoms with van der Waals surface area (Å²) in [7, 11) is 0. The highest BCUT2D eigenvalue weighted by Gasteiger charge is 2.11. The number of benzene rings is 1. The van der Waals surface area contributed by atoms with Crippen molar-refractivity contribution in [1.82, 2.24) is 9.97 Å². The van der Waals surface area contributed by atoms with Gasteiger partial charge in [0.1, 0.15) is 6.33 Å². The lowest BCUT2D eigenvalue weighted by Gasteiger charge is -2.01. The summed E-state index contributed by atoms with van der Waals surface area (Å²) in [4.78, 5) is 7.45. The third kappa shape index (κ3) is 1.81. The van der Waals surface area contributed by atoms with Gasteiger partial charge in [0.15, 0.2) is 17.5 Å². The van der Waals surface area contributed by atoms with E-state index in [2.05, 4.69) is 9.97 Å². The summed E-state index contributed by atoms with van der Waals surface area (Å²) in [5.74, 6) is -3.94. The third-order valence-electron chi connectivity index (χ3n) is 1.86. The lowest BCUT2D eigenvalue weighted by atomic mass is 10.1. The van der Waals surface area contributed by atoms with Crippen molar-refractivity contribution in [1.29, 1.82) is 0 Å². The number of hydrogen-bond donors (Lipinski definition) is 0. The Morgan fingerprint density at radius 2 is 1.67 bits per heavy atom. The topological polar surface area (TPSA) is 25.8 Å². The number of aromatic nitrogens is 2. The SMILES string of the molecule is Fc1cc(-c2ccncn2)cc(F)c1F. The van der Waals surface area contributed by atoms with E-state index in [0.717, 1.165) is 12.1 Å². The molecule has 2 nitrogen and oxygen atoms in total. The molecule has 0 saturated carbocycles. The van der Waals surface area contributed by atoms with E-state index in [1.54, 1.807) is 0 Å². The highest BCUT2D eigenvalue weighted by atomic mass is 19.2. The van der Waals surface area contributed by atoms with Gasteiger partial charge in [-0.05, 0) is 18.2 Å². The Morgan fingerprint density at radius 1 is 1.00 bits per heavy atom. The van der Waals surface area contributed by atoms with Crippen LogP contribution in [0.5, 0.6) is 0 Å². The van der Waals surface area contributed by atoms with Crippen molar-refractivity contribution >= 4 is 0 Å². The molecule has 2 aromatic rings. The fourth-order valence-corrected chi connectivity index (χ4v) is 1.16. The van der Waals surface area contributed by atoms with Gasteiger partial charge in [0.2, 0.25) is 0 Å². The van der Waals surface area contributed by atoms with Crippen LogP contribution < -0.4 is 0 Å². The molecule has 0 spiro atoms. The lowest BCUT2D eigenvalue weighted by molar-refractivity contribution is 0.447. The van der Waals surface area contributed by atoms with Crippen LogP contribution in [0, 0.1) is 17.5 Å². The molecule has 0 saturated heterocycles. The zero-order chi connectivity index (χ0) is 10.8. The minimum absolute atomic E-state index is 0.175. The first kappa shape index (κ1) is 9.64. The zero-order valence-corrected chi connectivity index (χ0v) is 7.42. The van der Waals surface area contributed by atoms with Crippen molar-refractivity contribution in [2.24, 2.45) is 0 Å². The summed E-state index contributed by atoms with van der Waals surface area (Å²) in [6.07, 6.45) is 2.68. The predicted octanol–water partition coefficient (Wildman–Crippen LogP) is 2.56. The summed E-state index contributed by atoms with van der Waals surface area (Å²) in [5.41, 5.74) is 0.511. The van der Waals surface area contributed by atoms with Crippen molar-refractivity contribution in [3.63, 3.8) is 0 Å². The molecule has 0 unspecified atom stereocenters. The first-order chi connectivity index (χ1) is 7.18. The Kier molecular flexibility index (Phi) is 2.37. The molecule has 0 atom stereocenters.